The SMILES string of the molecule is CCC(C)[C@@H](N)c1c(OC)ccc2ccccc12.Cl. The minimum absolute atomic E-state index is 0. The number of nitrogens with two attached hydrogens (primary N) is 1. The molecule has 19 heavy (non-hydrogen) atoms. The number of rotatable bonds is 4. The van der Waals surface area contributed by atoms with Gasteiger partial charge in [-0.15, -0.1) is 12.4 Å². The monoisotopic (exact) mass is 279 g/mol. The number of ether oxygens (including phenoxy) is 1. The molecule has 0 aliphatic heterocycles. The molecule has 0 radical (unpaired) electrons. The van der Waals surface area contributed by atoms with Crippen LogP contribution in [0.15, 0.2) is 36.4 Å². The summed E-state index contributed by atoms with van der Waals surface area (Å²) in [6.45, 7) is 4.36. The fraction of sp³-hybridized carbons (Fsp3) is 0.375. The first kappa shape index (κ1) is 15.8. The van der Waals surface area contributed by atoms with Crippen LogP contribution in [0.3, 0.4) is 0 Å². The van der Waals surface area contributed by atoms with E-state index in [9.17, 15) is 0 Å². The number of hydrogen-bond donors (Lipinski definition) is 1. The molecule has 0 saturated heterocycles. The van der Waals surface area contributed by atoms with E-state index in [4.69, 9.17) is 10.5 Å². The van der Waals surface area contributed by atoms with E-state index in [1.54, 1.807) is 7.11 Å². The largest absolute Gasteiger partial charge is 0.496 e. The maximum Gasteiger partial charge on any atom is 0.124 e. The minimum atomic E-state index is 0. The number of halogens is 1. The van der Waals surface area contributed by atoms with Crippen molar-refractivity contribution in [2.75, 3.05) is 7.11 Å². The van der Waals surface area contributed by atoms with Crippen LogP contribution in [0.1, 0.15) is 31.9 Å². The Balaban J connectivity index is 0.00000180. The highest BCUT2D eigenvalue weighted by molar-refractivity contribution is 5.88. The van der Waals surface area contributed by atoms with Crippen LogP contribution in [0.4, 0.5) is 0 Å². The highest BCUT2D eigenvalue weighted by atomic mass is 35.5. The molecule has 0 heterocycles. The van der Waals surface area contributed by atoms with Gasteiger partial charge in [0.2, 0.25) is 0 Å². The molecule has 0 fully saturated rings. The zero-order valence-electron chi connectivity index (χ0n) is 11.7. The van der Waals surface area contributed by atoms with Gasteiger partial charge in [-0.05, 0) is 22.8 Å². The first-order chi connectivity index (χ1) is 8.69. The Morgan fingerprint density at radius 2 is 1.84 bits per heavy atom. The van der Waals surface area contributed by atoms with Crippen LogP contribution >= 0.6 is 12.4 Å². The van der Waals surface area contributed by atoms with E-state index >= 15 is 0 Å². The number of fused-ring (bicyclic) bond motifs is 1. The zero-order chi connectivity index (χ0) is 13.1. The van der Waals surface area contributed by atoms with Crippen LogP contribution in [0.25, 0.3) is 10.8 Å². The maximum absolute atomic E-state index is 6.41. The second-order valence-electron chi connectivity index (χ2n) is 4.81. The summed E-state index contributed by atoms with van der Waals surface area (Å²) >= 11 is 0. The summed E-state index contributed by atoms with van der Waals surface area (Å²) in [5.41, 5.74) is 7.54. The maximum atomic E-state index is 6.41. The van der Waals surface area contributed by atoms with Gasteiger partial charge < -0.3 is 10.5 Å². The highest BCUT2D eigenvalue weighted by Crippen LogP contribution is 2.35. The summed E-state index contributed by atoms with van der Waals surface area (Å²) in [5.74, 6) is 1.33. The molecule has 0 spiro atoms. The van der Waals surface area contributed by atoms with Gasteiger partial charge in [0, 0.05) is 11.6 Å². The Labute approximate surface area is 121 Å². The van der Waals surface area contributed by atoms with E-state index in [2.05, 4.69) is 38.1 Å². The molecule has 0 amide bonds. The van der Waals surface area contributed by atoms with Crippen LogP contribution in [0.5, 0.6) is 5.75 Å². The van der Waals surface area contributed by atoms with Crippen LogP contribution in [0.2, 0.25) is 0 Å². The van der Waals surface area contributed by atoms with E-state index < -0.39 is 0 Å². The van der Waals surface area contributed by atoms with Crippen molar-refractivity contribution >= 4 is 23.2 Å². The minimum Gasteiger partial charge on any atom is -0.496 e. The average Bonchev–Trinajstić information content (AvgIpc) is 2.44. The van der Waals surface area contributed by atoms with E-state index in [1.165, 1.54) is 10.8 Å². The molecule has 1 unspecified atom stereocenters. The summed E-state index contributed by atoms with van der Waals surface area (Å²) < 4.78 is 5.49. The predicted octanol–water partition coefficient (Wildman–Crippen LogP) is 4.32. The van der Waals surface area contributed by atoms with Crippen molar-refractivity contribution in [2.45, 2.75) is 26.3 Å². The fourth-order valence-corrected chi connectivity index (χ4v) is 2.34. The molecule has 104 valence electrons. The Kier molecular flexibility index (Phi) is 5.64. The number of methoxy groups -OCH3 is 1. The van der Waals surface area contributed by atoms with Gasteiger partial charge in [-0.1, -0.05) is 50.6 Å². The molecule has 0 bridgehead atoms. The summed E-state index contributed by atoms with van der Waals surface area (Å²) in [6.07, 6.45) is 1.06. The van der Waals surface area contributed by atoms with Crippen molar-refractivity contribution in [2.24, 2.45) is 11.7 Å². The molecule has 0 aliphatic carbocycles. The van der Waals surface area contributed by atoms with Crippen LogP contribution < -0.4 is 10.5 Å². The molecule has 2 N–H and O–H groups in total. The van der Waals surface area contributed by atoms with E-state index in [-0.39, 0.29) is 18.4 Å². The van der Waals surface area contributed by atoms with Crippen molar-refractivity contribution in [3.05, 3.63) is 42.0 Å². The molecular formula is C16H22ClNO. The van der Waals surface area contributed by atoms with Crippen molar-refractivity contribution in [1.29, 1.82) is 0 Å². The Hall–Kier alpha value is -1.25. The van der Waals surface area contributed by atoms with E-state index in [0.717, 1.165) is 17.7 Å². The average molecular weight is 280 g/mol. The lowest BCUT2D eigenvalue weighted by atomic mass is 9.89. The van der Waals surface area contributed by atoms with Gasteiger partial charge in [0.25, 0.3) is 0 Å². The van der Waals surface area contributed by atoms with Gasteiger partial charge in [-0.3, -0.25) is 0 Å². The first-order valence-corrected chi connectivity index (χ1v) is 6.50. The van der Waals surface area contributed by atoms with Crippen molar-refractivity contribution in [3.8, 4) is 5.75 Å². The highest BCUT2D eigenvalue weighted by Gasteiger charge is 2.19. The lowest BCUT2D eigenvalue weighted by Gasteiger charge is -2.23. The molecule has 0 aliphatic rings. The zero-order valence-corrected chi connectivity index (χ0v) is 12.5. The fourth-order valence-electron chi connectivity index (χ4n) is 2.34. The van der Waals surface area contributed by atoms with Gasteiger partial charge in [0.05, 0.1) is 7.11 Å². The smallest absolute Gasteiger partial charge is 0.124 e. The van der Waals surface area contributed by atoms with Crippen LogP contribution in [-0.2, 0) is 0 Å². The third kappa shape index (κ3) is 3.02. The van der Waals surface area contributed by atoms with Crippen molar-refractivity contribution in [3.63, 3.8) is 0 Å². The van der Waals surface area contributed by atoms with Crippen molar-refractivity contribution < 1.29 is 4.74 Å². The van der Waals surface area contributed by atoms with Gasteiger partial charge in [-0.25, -0.2) is 0 Å². The predicted molar refractivity (Wildman–Crippen MR) is 84.1 cm³/mol. The quantitative estimate of drug-likeness (QED) is 0.905. The third-order valence-corrected chi connectivity index (χ3v) is 3.74. The molecule has 2 nitrogen and oxygen atoms in total. The summed E-state index contributed by atoms with van der Waals surface area (Å²) in [4.78, 5) is 0. The molecule has 2 aromatic rings. The topological polar surface area (TPSA) is 35.2 Å². The first-order valence-electron chi connectivity index (χ1n) is 6.50. The Morgan fingerprint density at radius 1 is 1.16 bits per heavy atom. The number of benzene rings is 2. The van der Waals surface area contributed by atoms with Crippen LogP contribution in [-0.4, -0.2) is 7.11 Å². The normalized spacial score (nSPS) is 13.7. The van der Waals surface area contributed by atoms with E-state index in [0.29, 0.717) is 5.92 Å². The molecule has 2 aromatic carbocycles. The molecule has 0 aromatic heterocycles. The summed E-state index contributed by atoms with van der Waals surface area (Å²) in [6, 6.07) is 12.4. The standard InChI is InChI=1S/C16H21NO.ClH/c1-4-11(2)16(17)15-13-8-6-5-7-12(13)9-10-14(15)18-3;/h5-11,16H,4,17H2,1-3H3;1H/t11?,16-;/m1./s1. The number of hydrogen-bond acceptors (Lipinski definition) is 2. The Bertz CT molecular complexity index is 541. The summed E-state index contributed by atoms with van der Waals surface area (Å²) in [7, 11) is 1.71. The lowest BCUT2D eigenvalue weighted by Crippen LogP contribution is -2.19. The molecule has 2 atom stereocenters. The van der Waals surface area contributed by atoms with Gasteiger partial charge in [0.1, 0.15) is 5.75 Å². The lowest BCUT2D eigenvalue weighted by molar-refractivity contribution is 0.390. The van der Waals surface area contributed by atoms with Gasteiger partial charge >= 0.3 is 0 Å². The second-order valence-corrected chi connectivity index (χ2v) is 4.81. The summed E-state index contributed by atoms with van der Waals surface area (Å²) in [5, 5.41) is 2.41. The van der Waals surface area contributed by atoms with E-state index in [1.807, 2.05) is 12.1 Å². The van der Waals surface area contributed by atoms with Crippen LogP contribution in [0, 0.1) is 5.92 Å². The third-order valence-electron chi connectivity index (χ3n) is 3.74. The molecule has 3 heteroatoms. The molecule has 2 rings (SSSR count). The van der Waals surface area contributed by atoms with Gasteiger partial charge in [0.15, 0.2) is 0 Å². The molecular weight excluding hydrogens is 258 g/mol. The second kappa shape index (κ2) is 6.78. The van der Waals surface area contributed by atoms with Crippen molar-refractivity contribution in [1.82, 2.24) is 0 Å². The molecule has 0 saturated carbocycles. The Morgan fingerprint density at radius 3 is 2.47 bits per heavy atom. The van der Waals surface area contributed by atoms with Gasteiger partial charge in [-0.2, -0.15) is 0 Å².